The van der Waals surface area contributed by atoms with Crippen molar-refractivity contribution in [3.8, 4) is 0 Å². The Morgan fingerprint density at radius 1 is 0.444 bits per heavy atom. The Morgan fingerprint density at radius 2 is 0.827 bits per heavy atom. The van der Waals surface area contributed by atoms with E-state index in [9.17, 15) is 61.0 Å². The fourth-order valence-corrected chi connectivity index (χ4v) is 10.4. The van der Waals surface area contributed by atoms with Crippen LogP contribution in [0.3, 0.4) is 0 Å². The van der Waals surface area contributed by atoms with Crippen LogP contribution in [0.4, 0.5) is 0 Å². The number of aliphatic hydroxyl groups is 11. The minimum Gasteiger partial charge on any atom is -0.394 e. The maximum Gasteiger partial charge on any atom is 0.220 e. The Morgan fingerprint density at radius 3 is 1.33 bits per heavy atom. The Bertz CT molecular complexity index is 1670. The van der Waals surface area contributed by atoms with E-state index in [1.54, 1.807) is 6.08 Å². The number of unbranched alkanes of at least 4 members (excludes halogenated alkanes) is 24. The molecule has 0 radical (unpaired) electrons. The zero-order valence-corrected chi connectivity index (χ0v) is 49.3. The number of ether oxygens (including phenoxy) is 6. The molecular weight excluding hydrogens is 1050 g/mol. The van der Waals surface area contributed by atoms with E-state index in [2.05, 4.69) is 55.6 Å². The van der Waals surface area contributed by atoms with E-state index in [1.807, 2.05) is 6.08 Å². The van der Waals surface area contributed by atoms with Crippen molar-refractivity contribution in [1.82, 2.24) is 5.32 Å². The molecule has 81 heavy (non-hydrogen) atoms. The first kappa shape index (κ1) is 73.0. The summed E-state index contributed by atoms with van der Waals surface area (Å²) >= 11 is 0. The summed E-state index contributed by atoms with van der Waals surface area (Å²) in [6, 6.07) is -0.992. The number of carbonyl (C=O) groups is 1. The largest absolute Gasteiger partial charge is 0.394 e. The number of hydrogen-bond acceptors (Lipinski definition) is 18. The zero-order chi connectivity index (χ0) is 59.0. The van der Waals surface area contributed by atoms with Gasteiger partial charge in [0, 0.05) is 6.42 Å². The van der Waals surface area contributed by atoms with Crippen molar-refractivity contribution in [3.63, 3.8) is 0 Å². The van der Waals surface area contributed by atoms with E-state index in [-0.39, 0.29) is 18.9 Å². The average molecular weight is 1160 g/mol. The van der Waals surface area contributed by atoms with Gasteiger partial charge in [-0.05, 0) is 64.2 Å². The molecule has 1 amide bonds. The van der Waals surface area contributed by atoms with Crippen molar-refractivity contribution in [2.45, 2.75) is 311 Å². The molecule has 0 spiro atoms. The third kappa shape index (κ3) is 28.7. The molecule has 3 heterocycles. The Kier molecular flexibility index (Phi) is 40.7. The maximum atomic E-state index is 13.3. The highest BCUT2D eigenvalue weighted by Gasteiger charge is 2.53. The maximum absolute atomic E-state index is 13.3. The molecule has 0 bridgehead atoms. The van der Waals surface area contributed by atoms with Gasteiger partial charge in [0.15, 0.2) is 18.9 Å². The van der Waals surface area contributed by atoms with Crippen molar-refractivity contribution < 1.29 is 89.4 Å². The highest BCUT2D eigenvalue weighted by molar-refractivity contribution is 5.76. The highest BCUT2D eigenvalue weighted by Crippen LogP contribution is 2.33. The van der Waals surface area contributed by atoms with Gasteiger partial charge in [0.25, 0.3) is 0 Å². The lowest BCUT2D eigenvalue weighted by Crippen LogP contribution is -2.66. The van der Waals surface area contributed by atoms with Crippen LogP contribution in [-0.4, -0.2) is 193 Å². The smallest absolute Gasteiger partial charge is 0.220 e. The molecule has 0 saturated carbocycles. The van der Waals surface area contributed by atoms with Crippen LogP contribution in [0.15, 0.2) is 48.6 Å². The molecule has 17 atom stereocenters. The van der Waals surface area contributed by atoms with Gasteiger partial charge in [-0.25, -0.2) is 0 Å². The van der Waals surface area contributed by atoms with E-state index >= 15 is 0 Å². The fourth-order valence-electron chi connectivity index (χ4n) is 10.4. The van der Waals surface area contributed by atoms with Crippen molar-refractivity contribution in [3.05, 3.63) is 48.6 Å². The molecule has 472 valence electrons. The van der Waals surface area contributed by atoms with Gasteiger partial charge in [-0.1, -0.05) is 184 Å². The Hall–Kier alpha value is -2.25. The van der Waals surface area contributed by atoms with E-state index in [0.717, 1.165) is 57.8 Å². The molecule has 0 aliphatic carbocycles. The first-order chi connectivity index (χ1) is 39.3. The number of carbonyl (C=O) groups excluding carboxylic acids is 1. The number of amides is 1. The van der Waals surface area contributed by atoms with E-state index in [1.165, 1.54) is 116 Å². The normalized spacial score (nSPS) is 30.1. The van der Waals surface area contributed by atoms with Crippen molar-refractivity contribution in [1.29, 1.82) is 0 Å². The lowest BCUT2D eigenvalue weighted by Gasteiger charge is -2.48. The summed E-state index contributed by atoms with van der Waals surface area (Å²) in [5, 5.41) is 120. The summed E-state index contributed by atoms with van der Waals surface area (Å²) in [5.74, 6) is -0.291. The summed E-state index contributed by atoms with van der Waals surface area (Å²) in [4.78, 5) is 13.3. The second-order valence-electron chi connectivity index (χ2n) is 22.5. The molecule has 3 aliphatic heterocycles. The number of nitrogens with one attached hydrogen (secondary N) is 1. The van der Waals surface area contributed by atoms with Crippen LogP contribution in [0.25, 0.3) is 0 Å². The average Bonchev–Trinajstić information content (AvgIpc) is 3.51. The van der Waals surface area contributed by atoms with Crippen LogP contribution >= 0.6 is 0 Å². The summed E-state index contributed by atoms with van der Waals surface area (Å²) in [5.41, 5.74) is 0. The molecule has 0 aromatic rings. The lowest BCUT2D eigenvalue weighted by molar-refractivity contribution is -0.379. The molecular formula is C62H111NO18. The van der Waals surface area contributed by atoms with Gasteiger partial charge >= 0.3 is 0 Å². The third-order valence-corrected chi connectivity index (χ3v) is 15.6. The summed E-state index contributed by atoms with van der Waals surface area (Å²) < 4.78 is 34.2. The predicted octanol–water partition coefficient (Wildman–Crippen LogP) is 6.26. The Labute approximate surface area is 484 Å². The van der Waals surface area contributed by atoms with Gasteiger partial charge in [0.1, 0.15) is 73.2 Å². The molecule has 19 heteroatoms. The first-order valence-corrected chi connectivity index (χ1v) is 31.4. The van der Waals surface area contributed by atoms with Gasteiger partial charge in [0.2, 0.25) is 5.91 Å². The van der Waals surface area contributed by atoms with E-state index in [4.69, 9.17) is 28.4 Å². The van der Waals surface area contributed by atoms with Gasteiger partial charge in [-0.2, -0.15) is 0 Å². The molecule has 3 aliphatic rings. The quantitative estimate of drug-likeness (QED) is 0.0236. The molecule has 3 fully saturated rings. The molecule has 0 aromatic carbocycles. The van der Waals surface area contributed by atoms with Gasteiger partial charge in [-0.15, -0.1) is 0 Å². The molecule has 12 N–H and O–H groups in total. The minimum atomic E-state index is -1.98. The van der Waals surface area contributed by atoms with Gasteiger partial charge in [0.05, 0.1) is 38.6 Å². The molecule has 0 aromatic heterocycles. The number of hydrogen-bond donors (Lipinski definition) is 12. The molecule has 17 unspecified atom stereocenters. The number of allylic oxidation sites excluding steroid dienone is 7. The summed E-state index contributed by atoms with van der Waals surface area (Å²) in [6.45, 7) is 1.67. The monoisotopic (exact) mass is 1160 g/mol. The van der Waals surface area contributed by atoms with Crippen molar-refractivity contribution in [2.75, 3.05) is 26.4 Å². The topological polar surface area (TPSA) is 307 Å². The SMILES string of the molecule is CCCCC/C=C\C/C=C\CCCCCCCCCCCC(=O)NC(COC1OC(CO)C(OC2OC(CO)C(OC3OC(CO)C(O)C(O)C3O)C(O)C2O)C(O)C1O)C(O)/C=C/CC/C=C/CCCCCCCCCCCCC. The van der Waals surface area contributed by atoms with Crippen LogP contribution in [-0.2, 0) is 33.2 Å². The van der Waals surface area contributed by atoms with Crippen LogP contribution in [0, 0.1) is 0 Å². The van der Waals surface area contributed by atoms with Gasteiger partial charge in [-0.3, -0.25) is 4.79 Å². The lowest BCUT2D eigenvalue weighted by atomic mass is 9.96. The zero-order valence-electron chi connectivity index (χ0n) is 49.3. The van der Waals surface area contributed by atoms with Crippen molar-refractivity contribution in [2.24, 2.45) is 0 Å². The fraction of sp³-hybridized carbons (Fsp3) is 0.855. The van der Waals surface area contributed by atoms with Crippen molar-refractivity contribution >= 4 is 5.91 Å². The highest BCUT2D eigenvalue weighted by atomic mass is 16.8. The third-order valence-electron chi connectivity index (χ3n) is 15.6. The summed E-state index contributed by atoms with van der Waals surface area (Å²) in [6.07, 6.45) is 23.7. The predicted molar refractivity (Wildman–Crippen MR) is 309 cm³/mol. The van der Waals surface area contributed by atoms with Crippen LogP contribution in [0.1, 0.15) is 206 Å². The molecule has 19 nitrogen and oxygen atoms in total. The second kappa shape index (κ2) is 45.1. The van der Waals surface area contributed by atoms with Crippen LogP contribution < -0.4 is 5.32 Å². The Balaban J connectivity index is 1.50. The van der Waals surface area contributed by atoms with Gasteiger partial charge < -0.3 is 89.9 Å². The minimum absolute atomic E-state index is 0.230. The summed E-state index contributed by atoms with van der Waals surface area (Å²) in [7, 11) is 0. The molecule has 3 rings (SSSR count). The number of aliphatic hydroxyl groups excluding tert-OH is 11. The van der Waals surface area contributed by atoms with Crippen LogP contribution in [0.5, 0.6) is 0 Å². The number of rotatable bonds is 46. The van der Waals surface area contributed by atoms with E-state index in [0.29, 0.717) is 12.8 Å². The van der Waals surface area contributed by atoms with E-state index < -0.39 is 124 Å². The first-order valence-electron chi connectivity index (χ1n) is 31.4. The van der Waals surface area contributed by atoms with Crippen LogP contribution in [0.2, 0.25) is 0 Å². The standard InChI is InChI=1S/C62H111NO18/c1-3-5-7-9-11-13-15-17-19-21-22-24-26-28-30-32-34-36-38-40-50(68)63-45(46(67)39-37-35-33-31-29-27-25-23-20-18-16-14-12-10-8-6-4-2)44-76-60-56(74)53(71)58(48(42-65)78-60)81-62-57(75)54(72)59(49(43-66)79-62)80-61-55(73)52(70)51(69)47(41-64)77-61/h11,13,17,19,29,31,37,39,45-49,51-62,64-67,69-75H,3-10,12,14-16,18,20-28,30,32-36,38,40-44H2,1-2H3,(H,63,68)/b13-11-,19-17-,31-29+,39-37+. The second-order valence-corrected chi connectivity index (χ2v) is 22.5. The molecule has 3 saturated heterocycles.